The third kappa shape index (κ3) is 3.99. The number of anilines is 2. The molecular formula is C19H13ClN4O2S. The van der Waals surface area contributed by atoms with Crippen molar-refractivity contribution in [2.24, 2.45) is 0 Å². The first-order valence-corrected chi connectivity index (χ1v) is 9.25. The molecule has 0 aliphatic heterocycles. The Labute approximate surface area is 163 Å². The Bertz CT molecular complexity index is 1080. The summed E-state index contributed by atoms with van der Waals surface area (Å²) in [7, 11) is 0. The van der Waals surface area contributed by atoms with Crippen molar-refractivity contribution in [2.45, 2.75) is 0 Å². The van der Waals surface area contributed by atoms with Crippen molar-refractivity contribution in [3.63, 3.8) is 0 Å². The molecule has 0 unspecified atom stereocenters. The number of hydrogen-bond acceptors (Lipinski definition) is 5. The molecule has 134 valence electrons. The summed E-state index contributed by atoms with van der Waals surface area (Å²) in [6.45, 7) is 0. The van der Waals surface area contributed by atoms with Crippen LogP contribution in [0.5, 0.6) is 0 Å². The zero-order valence-electron chi connectivity index (χ0n) is 13.8. The molecule has 0 radical (unpaired) electrons. The molecule has 4 aromatic rings. The van der Waals surface area contributed by atoms with E-state index < -0.39 is 6.03 Å². The molecule has 2 aromatic carbocycles. The van der Waals surface area contributed by atoms with Crippen LogP contribution in [0.1, 0.15) is 0 Å². The SMILES string of the molecule is O=C(Nc1cccc(-c2noc(-c3cccs3)n2)c1)Nc1ccccc1Cl. The van der Waals surface area contributed by atoms with Gasteiger partial charge >= 0.3 is 6.03 Å². The first-order valence-electron chi connectivity index (χ1n) is 7.99. The van der Waals surface area contributed by atoms with Gasteiger partial charge in [-0.3, -0.25) is 0 Å². The summed E-state index contributed by atoms with van der Waals surface area (Å²) in [5.41, 5.74) is 1.86. The van der Waals surface area contributed by atoms with Crippen LogP contribution in [0.3, 0.4) is 0 Å². The summed E-state index contributed by atoms with van der Waals surface area (Å²) in [4.78, 5) is 17.5. The number of rotatable bonds is 4. The number of benzene rings is 2. The van der Waals surface area contributed by atoms with Crippen LogP contribution < -0.4 is 10.6 Å². The topological polar surface area (TPSA) is 80.1 Å². The summed E-state index contributed by atoms with van der Waals surface area (Å²) < 4.78 is 5.31. The van der Waals surface area contributed by atoms with Crippen LogP contribution in [-0.2, 0) is 0 Å². The van der Waals surface area contributed by atoms with Gasteiger partial charge < -0.3 is 15.2 Å². The van der Waals surface area contributed by atoms with E-state index in [4.69, 9.17) is 16.1 Å². The minimum atomic E-state index is -0.396. The van der Waals surface area contributed by atoms with Crippen LogP contribution >= 0.6 is 22.9 Å². The molecule has 2 amide bonds. The fraction of sp³-hybridized carbons (Fsp3) is 0. The zero-order chi connectivity index (χ0) is 18.6. The van der Waals surface area contributed by atoms with Crippen LogP contribution in [0.15, 0.2) is 70.6 Å². The number of thiophene rings is 1. The van der Waals surface area contributed by atoms with Gasteiger partial charge in [-0.15, -0.1) is 11.3 Å². The molecular weight excluding hydrogens is 384 g/mol. The summed E-state index contributed by atoms with van der Waals surface area (Å²) in [6.07, 6.45) is 0. The third-order valence-electron chi connectivity index (χ3n) is 3.66. The van der Waals surface area contributed by atoms with Crippen molar-refractivity contribution in [2.75, 3.05) is 10.6 Å². The van der Waals surface area contributed by atoms with Gasteiger partial charge in [-0.2, -0.15) is 4.98 Å². The lowest BCUT2D eigenvalue weighted by molar-refractivity contribution is 0.262. The van der Waals surface area contributed by atoms with Gasteiger partial charge in [0.2, 0.25) is 5.82 Å². The van der Waals surface area contributed by atoms with E-state index >= 15 is 0 Å². The van der Waals surface area contributed by atoms with Crippen molar-refractivity contribution in [1.82, 2.24) is 10.1 Å². The van der Waals surface area contributed by atoms with E-state index in [0.717, 1.165) is 10.4 Å². The lowest BCUT2D eigenvalue weighted by Gasteiger charge is -2.09. The summed E-state index contributed by atoms with van der Waals surface area (Å²) >= 11 is 7.58. The number of nitrogens with zero attached hydrogens (tertiary/aromatic N) is 2. The Morgan fingerprint density at radius 1 is 1.04 bits per heavy atom. The van der Waals surface area contributed by atoms with Crippen molar-refractivity contribution < 1.29 is 9.32 Å². The molecule has 0 fully saturated rings. The largest absolute Gasteiger partial charge is 0.333 e. The highest BCUT2D eigenvalue weighted by Gasteiger charge is 2.12. The second-order valence-corrected chi connectivity index (χ2v) is 6.90. The summed E-state index contributed by atoms with van der Waals surface area (Å²) in [6, 6.07) is 17.7. The van der Waals surface area contributed by atoms with Crippen LogP contribution in [0.25, 0.3) is 22.2 Å². The number of carbonyl (C=O) groups excluding carboxylic acids is 1. The zero-order valence-corrected chi connectivity index (χ0v) is 15.4. The number of amides is 2. The van der Waals surface area contributed by atoms with E-state index in [1.165, 1.54) is 11.3 Å². The van der Waals surface area contributed by atoms with Gasteiger partial charge in [-0.05, 0) is 35.7 Å². The number of urea groups is 1. The van der Waals surface area contributed by atoms with Crippen LogP contribution in [-0.4, -0.2) is 16.2 Å². The fourth-order valence-corrected chi connectivity index (χ4v) is 3.25. The molecule has 0 saturated heterocycles. The van der Waals surface area contributed by atoms with E-state index in [2.05, 4.69) is 20.8 Å². The quantitative estimate of drug-likeness (QED) is 0.459. The molecule has 2 heterocycles. The molecule has 2 N–H and O–H groups in total. The van der Waals surface area contributed by atoms with E-state index in [-0.39, 0.29) is 0 Å². The number of nitrogens with one attached hydrogen (secondary N) is 2. The maximum Gasteiger partial charge on any atom is 0.323 e. The van der Waals surface area contributed by atoms with E-state index in [1.807, 2.05) is 29.6 Å². The predicted octanol–water partition coefficient (Wildman–Crippen LogP) is 5.76. The maximum atomic E-state index is 12.2. The average molecular weight is 397 g/mol. The van der Waals surface area contributed by atoms with Gasteiger partial charge in [-0.25, -0.2) is 4.79 Å². The Balaban J connectivity index is 1.49. The average Bonchev–Trinajstić information content (AvgIpc) is 3.35. The van der Waals surface area contributed by atoms with Crippen molar-refractivity contribution >= 4 is 40.3 Å². The van der Waals surface area contributed by atoms with Crippen molar-refractivity contribution in [3.05, 3.63) is 71.1 Å². The van der Waals surface area contributed by atoms with Gasteiger partial charge in [0.15, 0.2) is 0 Å². The Morgan fingerprint density at radius 2 is 1.93 bits per heavy atom. The van der Waals surface area contributed by atoms with E-state index in [9.17, 15) is 4.79 Å². The lowest BCUT2D eigenvalue weighted by Crippen LogP contribution is -2.19. The Kier molecular flexibility index (Phi) is 4.86. The van der Waals surface area contributed by atoms with Crippen molar-refractivity contribution in [1.29, 1.82) is 0 Å². The second-order valence-electron chi connectivity index (χ2n) is 5.54. The Morgan fingerprint density at radius 3 is 2.74 bits per heavy atom. The maximum absolute atomic E-state index is 12.2. The molecule has 2 aromatic heterocycles. The first-order chi connectivity index (χ1) is 13.2. The van der Waals surface area contributed by atoms with E-state index in [1.54, 1.807) is 36.4 Å². The third-order valence-corrected chi connectivity index (χ3v) is 4.85. The van der Waals surface area contributed by atoms with Gasteiger partial charge in [0.05, 0.1) is 15.6 Å². The highest BCUT2D eigenvalue weighted by atomic mass is 35.5. The minimum Gasteiger partial charge on any atom is -0.333 e. The molecule has 8 heteroatoms. The van der Waals surface area contributed by atoms with E-state index in [0.29, 0.717) is 28.1 Å². The van der Waals surface area contributed by atoms with Crippen LogP contribution in [0, 0.1) is 0 Å². The van der Waals surface area contributed by atoms with Gasteiger partial charge in [0, 0.05) is 11.3 Å². The molecule has 0 bridgehead atoms. The number of hydrogen-bond donors (Lipinski definition) is 2. The number of para-hydroxylation sites is 1. The minimum absolute atomic E-state index is 0.396. The van der Waals surface area contributed by atoms with Crippen LogP contribution in [0.2, 0.25) is 5.02 Å². The van der Waals surface area contributed by atoms with Crippen LogP contribution in [0.4, 0.5) is 16.2 Å². The molecule has 0 saturated carbocycles. The number of halogens is 1. The number of carbonyl (C=O) groups is 1. The molecule has 0 spiro atoms. The Hall–Kier alpha value is -3.16. The normalized spacial score (nSPS) is 10.6. The smallest absolute Gasteiger partial charge is 0.323 e. The standard InChI is InChI=1S/C19H13ClN4O2S/c20-14-7-1-2-8-15(14)22-19(25)21-13-6-3-5-12(11-13)17-23-18(26-24-17)16-9-4-10-27-16/h1-11H,(H2,21,22,25). The van der Waals surface area contributed by atoms with Gasteiger partial charge in [0.25, 0.3) is 5.89 Å². The predicted molar refractivity (Wildman–Crippen MR) is 107 cm³/mol. The molecule has 0 aliphatic carbocycles. The molecule has 4 rings (SSSR count). The van der Waals surface area contributed by atoms with Gasteiger partial charge in [0.1, 0.15) is 0 Å². The van der Waals surface area contributed by atoms with Crippen molar-refractivity contribution in [3.8, 4) is 22.2 Å². The lowest BCUT2D eigenvalue weighted by atomic mass is 10.2. The first kappa shape index (κ1) is 17.3. The second kappa shape index (κ2) is 7.61. The molecule has 6 nitrogen and oxygen atoms in total. The molecule has 27 heavy (non-hydrogen) atoms. The highest BCUT2D eigenvalue weighted by Crippen LogP contribution is 2.27. The number of aromatic nitrogens is 2. The van der Waals surface area contributed by atoms with Gasteiger partial charge in [-0.1, -0.05) is 47.1 Å². The monoisotopic (exact) mass is 396 g/mol. The summed E-state index contributed by atoms with van der Waals surface area (Å²) in [5.74, 6) is 0.920. The fourth-order valence-electron chi connectivity index (χ4n) is 2.42. The summed E-state index contributed by atoms with van der Waals surface area (Å²) in [5, 5.41) is 11.9. The molecule has 0 aliphatic rings. The highest BCUT2D eigenvalue weighted by molar-refractivity contribution is 7.13. The molecule has 0 atom stereocenters.